The smallest absolute Gasteiger partial charge is 0.408 e. The van der Waals surface area contributed by atoms with Crippen LogP contribution in [0.4, 0.5) is 4.79 Å². The summed E-state index contributed by atoms with van der Waals surface area (Å²) >= 11 is 8.79. The van der Waals surface area contributed by atoms with Crippen molar-refractivity contribution in [3.05, 3.63) is 45.7 Å². The van der Waals surface area contributed by atoms with Crippen molar-refractivity contribution in [2.24, 2.45) is 17.6 Å². The molecule has 2 aliphatic carbocycles. The molecule has 3 amide bonds. The number of aryl methyl sites for hydroxylation is 1. The van der Waals surface area contributed by atoms with Crippen molar-refractivity contribution in [1.29, 1.82) is 0 Å². The van der Waals surface area contributed by atoms with Gasteiger partial charge in [0.05, 0.1) is 25.0 Å². The number of methoxy groups -OCH3 is 1. The second kappa shape index (κ2) is 16.1. The predicted molar refractivity (Wildman–Crippen MR) is 196 cm³/mol. The third-order valence-corrected chi connectivity index (χ3v) is 11.5. The molecule has 2 bridgehead atoms. The molecule has 13 heteroatoms. The van der Waals surface area contributed by atoms with E-state index in [1.807, 2.05) is 35.2 Å². The van der Waals surface area contributed by atoms with Crippen molar-refractivity contribution in [2.75, 3.05) is 13.7 Å². The number of unbranched alkanes of at least 4 members (excludes halogenated alkanes) is 2. The van der Waals surface area contributed by atoms with E-state index < -0.39 is 36.0 Å². The number of hydrogen-bond acceptors (Lipinski definition) is 10. The number of amides is 3. The van der Waals surface area contributed by atoms with E-state index in [1.54, 1.807) is 39.2 Å². The lowest BCUT2D eigenvalue weighted by Crippen LogP contribution is -2.46. The lowest BCUT2D eigenvalue weighted by molar-refractivity contribution is -0.147. The number of esters is 1. The van der Waals surface area contributed by atoms with Crippen LogP contribution in [0.25, 0.3) is 16.5 Å². The van der Waals surface area contributed by atoms with E-state index in [9.17, 15) is 19.2 Å². The van der Waals surface area contributed by atoms with Crippen LogP contribution >= 0.6 is 35.3 Å². The molecule has 2 aromatic rings. The normalized spacial score (nSPS) is 21.7. The molecule has 4 atom stereocenters. The number of thiophene rings is 1. The third-order valence-electron chi connectivity index (χ3n) is 9.03. The molecule has 10 nitrogen and oxygen atoms in total. The van der Waals surface area contributed by atoms with Crippen LogP contribution in [0.1, 0.15) is 82.6 Å². The molecular formula is C36H45N3O7S3. The fraction of sp³-hybridized carbons (Fsp3) is 0.528. The monoisotopic (exact) mass is 727 g/mol. The standard InChI is InChI=1S/C36H45N3O7S3/c1-36(2,3)46-34(43)38-26(19-31(37)40)33(42)45-14-7-5-6-9-24-18-28(23-10-8-11-25(17-23)44-4)48-29(24)20-30-32(41)39(35(47)49-30)27-16-21-12-13-22(27)15-21/h8,10-11,17-18,20-22,26-27H,5-7,9,12-16,19H2,1-4H3,(H2,37,40)(H,38,43)/b30-20-/t21?,22?,26-,27?/m0/s1. The van der Waals surface area contributed by atoms with Crippen molar-refractivity contribution in [1.82, 2.24) is 10.2 Å². The zero-order valence-corrected chi connectivity index (χ0v) is 30.9. The van der Waals surface area contributed by atoms with Crippen LogP contribution < -0.4 is 15.8 Å². The van der Waals surface area contributed by atoms with E-state index >= 15 is 0 Å². The van der Waals surface area contributed by atoms with Gasteiger partial charge >= 0.3 is 12.1 Å². The molecule has 49 heavy (non-hydrogen) atoms. The number of carbonyl (C=O) groups is 4. The Hall–Kier alpha value is -3.42. The summed E-state index contributed by atoms with van der Waals surface area (Å²) in [6.45, 7) is 5.21. The Labute approximate surface area is 301 Å². The number of benzene rings is 1. The van der Waals surface area contributed by atoms with Crippen LogP contribution in [0, 0.1) is 11.8 Å². The highest BCUT2D eigenvalue weighted by atomic mass is 32.2. The summed E-state index contributed by atoms with van der Waals surface area (Å²) in [7, 11) is 1.65. The van der Waals surface area contributed by atoms with Gasteiger partial charge in [-0.05, 0) is 113 Å². The largest absolute Gasteiger partial charge is 0.497 e. The summed E-state index contributed by atoms with van der Waals surface area (Å²) in [6.07, 6.45) is 8.42. The predicted octanol–water partition coefficient (Wildman–Crippen LogP) is 6.84. The van der Waals surface area contributed by atoms with Crippen LogP contribution in [0.2, 0.25) is 0 Å². The second-order valence-electron chi connectivity index (χ2n) is 13.9. The van der Waals surface area contributed by atoms with Gasteiger partial charge in [0.2, 0.25) is 5.91 Å². The number of nitrogens with one attached hydrogen (secondary N) is 1. The summed E-state index contributed by atoms with van der Waals surface area (Å²) in [5, 5.41) is 2.38. The number of thiocarbonyl (C=S) groups is 1. The average Bonchev–Trinajstić information content (AvgIpc) is 3.82. The van der Waals surface area contributed by atoms with Gasteiger partial charge in [-0.2, -0.15) is 0 Å². The summed E-state index contributed by atoms with van der Waals surface area (Å²) in [5.41, 5.74) is 6.69. The van der Waals surface area contributed by atoms with Crippen molar-refractivity contribution >= 4 is 69.6 Å². The number of alkyl carbamates (subject to hydrolysis) is 1. The number of hydrogen-bond donors (Lipinski definition) is 2. The van der Waals surface area contributed by atoms with Crippen molar-refractivity contribution in [3.63, 3.8) is 0 Å². The van der Waals surface area contributed by atoms with Crippen molar-refractivity contribution in [3.8, 4) is 16.2 Å². The molecular weight excluding hydrogens is 683 g/mol. The lowest BCUT2D eigenvalue weighted by Gasteiger charge is -2.30. The summed E-state index contributed by atoms with van der Waals surface area (Å²) in [5.74, 6) is 0.577. The summed E-state index contributed by atoms with van der Waals surface area (Å²) < 4.78 is 16.7. The molecule has 2 saturated carbocycles. The number of ether oxygens (including phenoxy) is 3. The van der Waals surface area contributed by atoms with E-state index in [1.165, 1.54) is 31.0 Å². The first-order valence-corrected chi connectivity index (χ1v) is 18.8. The van der Waals surface area contributed by atoms with Gasteiger partial charge in [0.1, 0.15) is 21.7 Å². The fourth-order valence-electron chi connectivity index (χ4n) is 6.80. The number of rotatable bonds is 14. The molecule has 1 aromatic heterocycles. The van der Waals surface area contributed by atoms with Gasteiger partial charge in [0.15, 0.2) is 0 Å². The number of nitrogens with two attached hydrogens (primary N) is 1. The molecule has 0 radical (unpaired) electrons. The van der Waals surface area contributed by atoms with Gasteiger partial charge in [-0.3, -0.25) is 14.5 Å². The number of thioether (sulfide) groups is 1. The first-order chi connectivity index (χ1) is 23.3. The Morgan fingerprint density at radius 1 is 1.14 bits per heavy atom. The van der Waals surface area contributed by atoms with Crippen molar-refractivity contribution < 1.29 is 33.4 Å². The van der Waals surface area contributed by atoms with Crippen LogP contribution in [0.15, 0.2) is 35.2 Å². The minimum atomic E-state index is -1.23. The second-order valence-corrected chi connectivity index (χ2v) is 16.6. The van der Waals surface area contributed by atoms with Crippen LogP contribution in [0.3, 0.4) is 0 Å². The Morgan fingerprint density at radius 2 is 1.94 bits per heavy atom. The van der Waals surface area contributed by atoms with Crippen LogP contribution in [-0.4, -0.2) is 64.5 Å². The molecule has 1 aliphatic heterocycles. The Bertz CT molecular complexity index is 1610. The molecule has 3 N–H and O–H groups in total. The van der Waals surface area contributed by atoms with Crippen LogP contribution in [0.5, 0.6) is 5.75 Å². The molecule has 1 aromatic carbocycles. The zero-order chi connectivity index (χ0) is 35.3. The molecule has 264 valence electrons. The molecule has 2 heterocycles. The van der Waals surface area contributed by atoms with E-state index in [0.29, 0.717) is 27.5 Å². The highest BCUT2D eigenvalue weighted by Crippen LogP contribution is 2.50. The van der Waals surface area contributed by atoms with Gasteiger partial charge in [0.25, 0.3) is 5.91 Å². The SMILES string of the molecule is COc1cccc(-c2cc(CCCCCOC(=O)[C@H](CC(N)=O)NC(=O)OC(C)(C)C)c(/C=C3\SC(=S)N(C4CC5CCC4C5)C3=O)s2)c1. The summed E-state index contributed by atoms with van der Waals surface area (Å²) in [4.78, 5) is 54.7. The first kappa shape index (κ1) is 36.9. The highest BCUT2D eigenvalue weighted by Gasteiger charge is 2.48. The Kier molecular flexibility index (Phi) is 12.1. The molecule has 3 aliphatic rings. The maximum absolute atomic E-state index is 13.7. The Balaban J connectivity index is 1.21. The Morgan fingerprint density at radius 3 is 2.61 bits per heavy atom. The minimum absolute atomic E-state index is 0.0208. The third kappa shape index (κ3) is 9.64. The zero-order valence-electron chi connectivity index (χ0n) is 28.5. The van der Waals surface area contributed by atoms with Crippen molar-refractivity contribution in [2.45, 2.75) is 96.2 Å². The summed E-state index contributed by atoms with van der Waals surface area (Å²) in [6, 6.07) is 9.11. The maximum Gasteiger partial charge on any atom is 0.408 e. The van der Waals surface area contributed by atoms with Gasteiger partial charge in [-0.15, -0.1) is 11.3 Å². The molecule has 3 unspecified atom stereocenters. The molecule has 5 rings (SSSR count). The lowest BCUT2D eigenvalue weighted by atomic mass is 9.94. The van der Waals surface area contributed by atoms with E-state index in [4.69, 9.17) is 32.2 Å². The van der Waals surface area contributed by atoms with E-state index in [2.05, 4.69) is 11.4 Å². The molecule has 3 fully saturated rings. The topological polar surface area (TPSA) is 137 Å². The highest BCUT2D eigenvalue weighted by molar-refractivity contribution is 8.26. The average molecular weight is 728 g/mol. The van der Waals surface area contributed by atoms with Crippen LogP contribution in [-0.2, 0) is 30.3 Å². The van der Waals surface area contributed by atoms with Gasteiger partial charge < -0.3 is 25.3 Å². The van der Waals surface area contributed by atoms with Gasteiger partial charge in [0, 0.05) is 15.8 Å². The number of carbonyl (C=O) groups excluding carboxylic acids is 4. The number of fused-ring (bicyclic) bond motifs is 2. The van der Waals surface area contributed by atoms with Gasteiger partial charge in [-0.1, -0.05) is 42.5 Å². The minimum Gasteiger partial charge on any atom is -0.497 e. The quantitative estimate of drug-likeness (QED) is 0.0928. The first-order valence-electron chi connectivity index (χ1n) is 16.8. The fourth-order valence-corrected chi connectivity index (χ4v) is 9.38. The number of nitrogens with zero attached hydrogens (tertiary/aromatic N) is 1. The van der Waals surface area contributed by atoms with Gasteiger partial charge in [-0.25, -0.2) is 9.59 Å². The molecule has 0 spiro atoms. The van der Waals surface area contributed by atoms with E-state index in [-0.39, 0.29) is 18.6 Å². The van der Waals surface area contributed by atoms with E-state index in [0.717, 1.165) is 52.3 Å². The molecule has 1 saturated heterocycles. The maximum atomic E-state index is 13.7. The number of primary amides is 1.